The van der Waals surface area contributed by atoms with Gasteiger partial charge in [-0.2, -0.15) is 0 Å². The third kappa shape index (κ3) is 2.59. The lowest BCUT2D eigenvalue weighted by Crippen LogP contribution is -2.47. The summed E-state index contributed by atoms with van der Waals surface area (Å²) in [7, 11) is 1.30. The molecular formula is C11H17NO4. The number of rotatable bonds is 3. The Bertz CT molecular complexity index is 306. The van der Waals surface area contributed by atoms with Gasteiger partial charge >= 0.3 is 5.97 Å². The zero-order chi connectivity index (χ0) is 12.3. The van der Waals surface area contributed by atoms with Gasteiger partial charge in [0.25, 0.3) is 0 Å². The fourth-order valence-corrected chi connectivity index (χ4v) is 1.71. The van der Waals surface area contributed by atoms with E-state index >= 15 is 0 Å². The highest BCUT2D eigenvalue weighted by Gasteiger charge is 2.36. The van der Waals surface area contributed by atoms with Gasteiger partial charge in [-0.1, -0.05) is 0 Å². The molecule has 16 heavy (non-hydrogen) atoms. The predicted octanol–water partition coefficient (Wildman–Crippen LogP) is 0.725. The minimum absolute atomic E-state index is 0.0946. The molecule has 0 bridgehead atoms. The van der Waals surface area contributed by atoms with Crippen LogP contribution in [0, 0.1) is 5.41 Å². The van der Waals surface area contributed by atoms with Crippen LogP contribution in [0.1, 0.15) is 33.1 Å². The molecule has 1 rings (SSSR count). The SMILES string of the molecule is COC(=O)C(C)(C)CN1C(=O)CCCC1=O. The largest absolute Gasteiger partial charge is 0.469 e. The lowest BCUT2D eigenvalue weighted by Gasteiger charge is -2.31. The maximum absolute atomic E-state index is 11.5. The third-order valence-electron chi connectivity index (χ3n) is 2.67. The molecule has 90 valence electrons. The summed E-state index contributed by atoms with van der Waals surface area (Å²) < 4.78 is 4.64. The van der Waals surface area contributed by atoms with Crippen molar-refractivity contribution in [1.82, 2.24) is 4.90 Å². The molecule has 1 saturated heterocycles. The molecule has 1 heterocycles. The second-order valence-electron chi connectivity index (χ2n) is 4.60. The van der Waals surface area contributed by atoms with Gasteiger partial charge in [-0.25, -0.2) is 0 Å². The number of imide groups is 1. The number of esters is 1. The predicted molar refractivity (Wildman–Crippen MR) is 56.4 cm³/mol. The second kappa shape index (κ2) is 4.63. The summed E-state index contributed by atoms with van der Waals surface area (Å²) in [4.78, 5) is 35.7. The summed E-state index contributed by atoms with van der Waals surface area (Å²) in [6.07, 6.45) is 1.36. The number of carbonyl (C=O) groups excluding carboxylic acids is 3. The van der Waals surface area contributed by atoms with Gasteiger partial charge in [0, 0.05) is 19.4 Å². The minimum atomic E-state index is -0.850. The molecule has 0 radical (unpaired) electrons. The van der Waals surface area contributed by atoms with Crippen molar-refractivity contribution in [2.75, 3.05) is 13.7 Å². The van der Waals surface area contributed by atoms with Crippen LogP contribution < -0.4 is 0 Å². The standard InChI is InChI=1S/C11H17NO4/c1-11(2,10(15)16-3)7-12-8(13)5-4-6-9(12)14/h4-7H2,1-3H3. The summed E-state index contributed by atoms with van der Waals surface area (Å²) in [6, 6.07) is 0. The smallest absolute Gasteiger partial charge is 0.313 e. The first-order valence-corrected chi connectivity index (χ1v) is 5.30. The zero-order valence-corrected chi connectivity index (χ0v) is 9.91. The highest BCUT2D eigenvalue weighted by atomic mass is 16.5. The average molecular weight is 227 g/mol. The Morgan fingerprint density at radius 1 is 1.31 bits per heavy atom. The van der Waals surface area contributed by atoms with Crippen LogP contribution in [0.4, 0.5) is 0 Å². The topological polar surface area (TPSA) is 63.7 Å². The lowest BCUT2D eigenvalue weighted by molar-refractivity contribution is -0.157. The Morgan fingerprint density at radius 3 is 2.25 bits per heavy atom. The molecule has 0 aliphatic carbocycles. The van der Waals surface area contributed by atoms with Crippen molar-refractivity contribution in [3.8, 4) is 0 Å². The van der Waals surface area contributed by atoms with Gasteiger partial charge in [-0.05, 0) is 20.3 Å². The Labute approximate surface area is 94.7 Å². The summed E-state index contributed by atoms with van der Waals surface area (Å²) in [5, 5.41) is 0. The molecule has 0 N–H and O–H groups in total. The molecule has 0 aromatic carbocycles. The van der Waals surface area contributed by atoms with Crippen LogP contribution in [0.5, 0.6) is 0 Å². The first kappa shape index (κ1) is 12.7. The van der Waals surface area contributed by atoms with Crippen molar-refractivity contribution in [1.29, 1.82) is 0 Å². The molecular weight excluding hydrogens is 210 g/mol. The maximum Gasteiger partial charge on any atom is 0.313 e. The van der Waals surface area contributed by atoms with E-state index in [1.807, 2.05) is 0 Å². The van der Waals surface area contributed by atoms with Crippen LogP contribution in [0.15, 0.2) is 0 Å². The first-order chi connectivity index (χ1) is 7.38. The van der Waals surface area contributed by atoms with E-state index in [4.69, 9.17) is 0 Å². The molecule has 0 unspecified atom stereocenters. The highest BCUT2D eigenvalue weighted by Crippen LogP contribution is 2.22. The summed E-state index contributed by atoms with van der Waals surface area (Å²) >= 11 is 0. The summed E-state index contributed by atoms with van der Waals surface area (Å²) in [6.45, 7) is 3.42. The molecule has 5 nitrogen and oxygen atoms in total. The number of carbonyl (C=O) groups is 3. The Kier molecular flexibility index (Phi) is 3.67. The van der Waals surface area contributed by atoms with E-state index in [0.717, 1.165) is 0 Å². The number of ether oxygens (including phenoxy) is 1. The van der Waals surface area contributed by atoms with Crippen molar-refractivity contribution in [2.24, 2.45) is 5.41 Å². The fraction of sp³-hybridized carbons (Fsp3) is 0.727. The molecule has 0 aromatic heterocycles. The van der Waals surface area contributed by atoms with Crippen molar-refractivity contribution >= 4 is 17.8 Å². The average Bonchev–Trinajstić information content (AvgIpc) is 2.22. The van der Waals surface area contributed by atoms with E-state index in [2.05, 4.69) is 4.74 Å². The van der Waals surface area contributed by atoms with Gasteiger partial charge in [0.1, 0.15) is 0 Å². The van der Waals surface area contributed by atoms with Gasteiger partial charge in [-0.3, -0.25) is 19.3 Å². The second-order valence-corrected chi connectivity index (χ2v) is 4.60. The number of methoxy groups -OCH3 is 1. The number of nitrogens with zero attached hydrogens (tertiary/aromatic N) is 1. The zero-order valence-electron chi connectivity index (χ0n) is 9.91. The highest BCUT2D eigenvalue weighted by molar-refractivity contribution is 5.98. The van der Waals surface area contributed by atoms with Crippen LogP contribution in [0.3, 0.4) is 0 Å². The molecule has 0 atom stereocenters. The number of piperidine rings is 1. The number of likely N-dealkylation sites (tertiary alicyclic amines) is 1. The summed E-state index contributed by atoms with van der Waals surface area (Å²) in [5.74, 6) is -0.819. The molecule has 0 saturated carbocycles. The normalized spacial score (nSPS) is 17.6. The van der Waals surface area contributed by atoms with E-state index in [1.54, 1.807) is 13.8 Å². The van der Waals surface area contributed by atoms with E-state index in [9.17, 15) is 14.4 Å². The van der Waals surface area contributed by atoms with Crippen LogP contribution in [-0.4, -0.2) is 36.3 Å². The van der Waals surface area contributed by atoms with Gasteiger partial charge in [0.2, 0.25) is 11.8 Å². The van der Waals surface area contributed by atoms with E-state index in [0.29, 0.717) is 19.3 Å². The van der Waals surface area contributed by atoms with Crippen LogP contribution >= 0.6 is 0 Å². The van der Waals surface area contributed by atoms with Crippen LogP contribution in [0.25, 0.3) is 0 Å². The fourth-order valence-electron chi connectivity index (χ4n) is 1.71. The molecule has 1 fully saturated rings. The Hall–Kier alpha value is -1.39. The van der Waals surface area contributed by atoms with Crippen LogP contribution in [0.2, 0.25) is 0 Å². The molecule has 0 spiro atoms. The van der Waals surface area contributed by atoms with Crippen LogP contribution in [-0.2, 0) is 19.1 Å². The maximum atomic E-state index is 11.5. The Morgan fingerprint density at radius 2 is 1.81 bits per heavy atom. The molecule has 1 aliphatic rings. The quantitative estimate of drug-likeness (QED) is 0.526. The van der Waals surface area contributed by atoms with E-state index < -0.39 is 11.4 Å². The van der Waals surface area contributed by atoms with Gasteiger partial charge in [0.15, 0.2) is 0 Å². The van der Waals surface area contributed by atoms with E-state index in [1.165, 1.54) is 12.0 Å². The number of amides is 2. The van der Waals surface area contributed by atoms with Gasteiger partial charge in [-0.15, -0.1) is 0 Å². The van der Waals surface area contributed by atoms with Gasteiger partial charge < -0.3 is 4.74 Å². The molecule has 0 aromatic rings. The third-order valence-corrected chi connectivity index (χ3v) is 2.67. The first-order valence-electron chi connectivity index (χ1n) is 5.30. The Balaban J connectivity index is 2.74. The van der Waals surface area contributed by atoms with Gasteiger partial charge in [0.05, 0.1) is 12.5 Å². The minimum Gasteiger partial charge on any atom is -0.469 e. The lowest BCUT2D eigenvalue weighted by atomic mass is 9.92. The van der Waals surface area contributed by atoms with Crippen molar-refractivity contribution in [3.63, 3.8) is 0 Å². The van der Waals surface area contributed by atoms with Crippen molar-refractivity contribution in [3.05, 3.63) is 0 Å². The monoisotopic (exact) mass is 227 g/mol. The molecule has 5 heteroatoms. The molecule has 2 amide bonds. The number of hydrogen-bond donors (Lipinski definition) is 0. The van der Waals surface area contributed by atoms with Crippen molar-refractivity contribution in [2.45, 2.75) is 33.1 Å². The molecule has 1 aliphatic heterocycles. The van der Waals surface area contributed by atoms with E-state index in [-0.39, 0.29) is 18.4 Å². The number of hydrogen-bond acceptors (Lipinski definition) is 4. The van der Waals surface area contributed by atoms with Crippen molar-refractivity contribution < 1.29 is 19.1 Å². The summed E-state index contributed by atoms with van der Waals surface area (Å²) in [5.41, 5.74) is -0.850.